The molecule has 1 aliphatic carbocycles. The van der Waals surface area contributed by atoms with E-state index in [-0.39, 0.29) is 0 Å². The minimum Gasteiger partial charge on any atom is -0.359 e. The van der Waals surface area contributed by atoms with E-state index in [0.29, 0.717) is 5.28 Å². The van der Waals surface area contributed by atoms with Gasteiger partial charge < -0.3 is 4.90 Å². The fourth-order valence-electron chi connectivity index (χ4n) is 1.87. The van der Waals surface area contributed by atoms with Gasteiger partial charge in [0.15, 0.2) is 0 Å². The van der Waals surface area contributed by atoms with Crippen molar-refractivity contribution in [2.24, 2.45) is 5.92 Å². The zero-order valence-corrected chi connectivity index (χ0v) is 9.96. The Bertz CT molecular complexity index is 329. The van der Waals surface area contributed by atoms with Crippen LogP contribution in [0.15, 0.2) is 6.07 Å². The number of aromatic nitrogens is 2. The lowest BCUT2D eigenvalue weighted by Crippen LogP contribution is -2.30. The second kappa shape index (κ2) is 4.35. The van der Waals surface area contributed by atoms with E-state index in [2.05, 4.69) is 21.9 Å². The Morgan fingerprint density at radius 1 is 1.47 bits per heavy atom. The standard InChI is InChI=1S/C11H16ClN3/c1-8-6-10(14-11(12)13-8)15(2)7-9-4-3-5-9/h6,9H,3-5,7H2,1-2H3. The number of nitrogens with zero attached hydrogens (tertiary/aromatic N) is 3. The summed E-state index contributed by atoms with van der Waals surface area (Å²) >= 11 is 5.83. The molecule has 0 aliphatic heterocycles. The molecule has 3 nitrogen and oxygen atoms in total. The summed E-state index contributed by atoms with van der Waals surface area (Å²) in [5.41, 5.74) is 0.922. The molecule has 0 radical (unpaired) electrons. The van der Waals surface area contributed by atoms with Crippen molar-refractivity contribution < 1.29 is 0 Å². The maximum Gasteiger partial charge on any atom is 0.224 e. The summed E-state index contributed by atoms with van der Waals surface area (Å²) in [6.07, 6.45) is 4.08. The summed E-state index contributed by atoms with van der Waals surface area (Å²) in [5.74, 6) is 1.77. The molecule has 0 unspecified atom stereocenters. The highest BCUT2D eigenvalue weighted by molar-refractivity contribution is 6.28. The van der Waals surface area contributed by atoms with Crippen molar-refractivity contribution in [2.45, 2.75) is 26.2 Å². The first-order valence-electron chi connectivity index (χ1n) is 5.37. The molecule has 1 aromatic heterocycles. The quantitative estimate of drug-likeness (QED) is 0.741. The van der Waals surface area contributed by atoms with Crippen LogP contribution in [-0.4, -0.2) is 23.6 Å². The predicted molar refractivity (Wildman–Crippen MR) is 62.4 cm³/mol. The fourth-order valence-corrected chi connectivity index (χ4v) is 2.09. The number of halogens is 1. The Balaban J connectivity index is 2.06. The minimum atomic E-state index is 0.338. The number of hydrogen-bond donors (Lipinski definition) is 0. The average molecular weight is 226 g/mol. The molecule has 1 aliphatic rings. The van der Waals surface area contributed by atoms with Gasteiger partial charge in [-0.15, -0.1) is 0 Å². The fraction of sp³-hybridized carbons (Fsp3) is 0.636. The molecule has 0 aromatic carbocycles. The van der Waals surface area contributed by atoms with Gasteiger partial charge in [0.05, 0.1) is 0 Å². The van der Waals surface area contributed by atoms with Crippen molar-refractivity contribution in [3.63, 3.8) is 0 Å². The van der Waals surface area contributed by atoms with Crippen LogP contribution in [0, 0.1) is 12.8 Å². The van der Waals surface area contributed by atoms with Gasteiger partial charge in [-0.3, -0.25) is 0 Å². The lowest BCUT2D eigenvalue weighted by molar-refractivity contribution is 0.321. The third-order valence-corrected chi connectivity index (χ3v) is 3.13. The smallest absolute Gasteiger partial charge is 0.224 e. The van der Waals surface area contributed by atoms with Crippen molar-refractivity contribution >= 4 is 17.4 Å². The van der Waals surface area contributed by atoms with Crippen LogP contribution >= 0.6 is 11.6 Å². The monoisotopic (exact) mass is 225 g/mol. The van der Waals surface area contributed by atoms with E-state index >= 15 is 0 Å². The Morgan fingerprint density at radius 3 is 2.73 bits per heavy atom. The summed E-state index contributed by atoms with van der Waals surface area (Å²) in [7, 11) is 2.07. The summed E-state index contributed by atoms with van der Waals surface area (Å²) in [4.78, 5) is 10.5. The van der Waals surface area contributed by atoms with Crippen LogP contribution in [0.3, 0.4) is 0 Å². The van der Waals surface area contributed by atoms with Gasteiger partial charge in [-0.2, -0.15) is 0 Å². The van der Waals surface area contributed by atoms with E-state index in [4.69, 9.17) is 11.6 Å². The Labute approximate surface area is 95.5 Å². The molecular weight excluding hydrogens is 210 g/mol. The second-order valence-electron chi connectivity index (χ2n) is 4.31. The minimum absolute atomic E-state index is 0.338. The van der Waals surface area contributed by atoms with E-state index in [1.807, 2.05) is 13.0 Å². The van der Waals surface area contributed by atoms with Gasteiger partial charge in [0.2, 0.25) is 5.28 Å². The molecule has 4 heteroatoms. The highest BCUT2D eigenvalue weighted by Gasteiger charge is 2.19. The van der Waals surface area contributed by atoms with Gasteiger partial charge in [0, 0.05) is 25.4 Å². The first kappa shape index (κ1) is 10.7. The van der Waals surface area contributed by atoms with Crippen LogP contribution < -0.4 is 4.90 Å². The van der Waals surface area contributed by atoms with Crippen molar-refractivity contribution in [2.75, 3.05) is 18.5 Å². The molecular formula is C11H16ClN3. The summed E-state index contributed by atoms with van der Waals surface area (Å²) < 4.78 is 0. The second-order valence-corrected chi connectivity index (χ2v) is 4.65. The van der Waals surface area contributed by atoms with Crippen molar-refractivity contribution in [1.82, 2.24) is 9.97 Å². The molecule has 0 N–H and O–H groups in total. The van der Waals surface area contributed by atoms with Crippen LogP contribution in [0.5, 0.6) is 0 Å². The lowest BCUT2D eigenvalue weighted by atomic mass is 9.85. The number of hydrogen-bond acceptors (Lipinski definition) is 3. The SMILES string of the molecule is Cc1cc(N(C)CC2CCC2)nc(Cl)n1. The van der Waals surface area contributed by atoms with Crippen LogP contribution in [0.1, 0.15) is 25.0 Å². The van der Waals surface area contributed by atoms with Crippen LogP contribution in [0.2, 0.25) is 5.28 Å². The van der Waals surface area contributed by atoms with Gasteiger partial charge in [0.25, 0.3) is 0 Å². The first-order chi connectivity index (χ1) is 7.15. The van der Waals surface area contributed by atoms with E-state index in [0.717, 1.165) is 24.0 Å². The van der Waals surface area contributed by atoms with Gasteiger partial charge in [-0.25, -0.2) is 9.97 Å². The zero-order valence-electron chi connectivity index (χ0n) is 9.20. The van der Waals surface area contributed by atoms with E-state index < -0.39 is 0 Å². The average Bonchev–Trinajstić information content (AvgIpc) is 2.09. The predicted octanol–water partition coefficient (Wildman–Crippen LogP) is 2.67. The molecule has 1 fully saturated rings. The summed E-state index contributed by atoms with van der Waals surface area (Å²) in [6.45, 7) is 3.01. The molecule has 1 aromatic rings. The molecule has 82 valence electrons. The van der Waals surface area contributed by atoms with Crippen molar-refractivity contribution in [3.8, 4) is 0 Å². The van der Waals surface area contributed by atoms with Crippen molar-refractivity contribution in [1.29, 1.82) is 0 Å². The summed E-state index contributed by atoms with van der Waals surface area (Å²) in [6, 6.07) is 1.98. The molecule has 0 saturated heterocycles. The van der Waals surface area contributed by atoms with Crippen LogP contribution in [0.4, 0.5) is 5.82 Å². The maximum absolute atomic E-state index is 5.83. The van der Waals surface area contributed by atoms with Crippen molar-refractivity contribution in [3.05, 3.63) is 17.0 Å². The zero-order chi connectivity index (χ0) is 10.8. The third kappa shape index (κ3) is 2.59. The topological polar surface area (TPSA) is 29.0 Å². The molecule has 0 spiro atoms. The number of aryl methyl sites for hydroxylation is 1. The highest BCUT2D eigenvalue weighted by Crippen LogP contribution is 2.28. The lowest BCUT2D eigenvalue weighted by Gasteiger charge is -2.30. The number of rotatable bonds is 3. The van der Waals surface area contributed by atoms with Crippen LogP contribution in [-0.2, 0) is 0 Å². The molecule has 2 rings (SSSR count). The molecule has 0 amide bonds. The third-order valence-electron chi connectivity index (χ3n) is 2.96. The first-order valence-corrected chi connectivity index (χ1v) is 5.75. The van der Waals surface area contributed by atoms with E-state index in [9.17, 15) is 0 Å². The van der Waals surface area contributed by atoms with Gasteiger partial charge in [-0.05, 0) is 37.3 Å². The molecule has 1 heterocycles. The van der Waals surface area contributed by atoms with Gasteiger partial charge >= 0.3 is 0 Å². The Kier molecular flexibility index (Phi) is 3.10. The maximum atomic E-state index is 5.83. The molecule has 0 bridgehead atoms. The Hall–Kier alpha value is -0.830. The van der Waals surface area contributed by atoms with Crippen LogP contribution in [0.25, 0.3) is 0 Å². The van der Waals surface area contributed by atoms with Gasteiger partial charge in [0.1, 0.15) is 5.82 Å². The Morgan fingerprint density at radius 2 is 2.20 bits per heavy atom. The molecule has 1 saturated carbocycles. The van der Waals surface area contributed by atoms with E-state index in [1.54, 1.807) is 0 Å². The largest absolute Gasteiger partial charge is 0.359 e. The molecule has 15 heavy (non-hydrogen) atoms. The normalized spacial score (nSPS) is 16.2. The molecule has 0 atom stereocenters. The number of anilines is 1. The van der Waals surface area contributed by atoms with E-state index in [1.165, 1.54) is 19.3 Å². The summed E-state index contributed by atoms with van der Waals surface area (Å²) in [5, 5.41) is 0.338. The highest BCUT2D eigenvalue weighted by atomic mass is 35.5. The van der Waals surface area contributed by atoms with Gasteiger partial charge in [-0.1, -0.05) is 6.42 Å².